The lowest BCUT2D eigenvalue weighted by molar-refractivity contribution is -0.134. The molecule has 9 nitrogen and oxygen atoms in total. The molecule has 0 spiro atoms. The molecule has 4 rings (SSSR count). The second-order valence-corrected chi connectivity index (χ2v) is 7.83. The first-order chi connectivity index (χ1) is 17.7. The number of rotatable bonds is 6. The summed E-state index contributed by atoms with van der Waals surface area (Å²) in [6, 6.07) is 4.63. The second kappa shape index (κ2) is 10.5. The molecule has 0 radical (unpaired) electrons. The van der Waals surface area contributed by atoms with Crippen LogP contribution in [0.25, 0.3) is 16.5 Å². The van der Waals surface area contributed by atoms with E-state index in [1.54, 1.807) is 0 Å². The zero-order valence-electron chi connectivity index (χ0n) is 22.9. The summed E-state index contributed by atoms with van der Waals surface area (Å²) in [7, 11) is 1.95. The molecule has 2 aromatic rings. The summed E-state index contributed by atoms with van der Waals surface area (Å²) < 4.78 is 37.9. The molecular weight excluding hydrogens is 426 g/mol. The number of carboxylic acids is 2. The number of nitrogens with one attached hydrogen (secondary N) is 2. The van der Waals surface area contributed by atoms with Crippen LogP contribution in [-0.4, -0.2) is 75.3 Å². The molecule has 33 heavy (non-hydrogen) atoms. The van der Waals surface area contributed by atoms with E-state index in [1.165, 1.54) is 5.56 Å². The molecule has 0 saturated heterocycles. The third-order valence-electron chi connectivity index (χ3n) is 5.65. The Balaban J connectivity index is 0.000000436. The summed E-state index contributed by atoms with van der Waals surface area (Å²) in [5.74, 6) is -3.59. The predicted octanol–water partition coefficient (Wildman–Crippen LogP) is 1.64. The number of H-pyrrole nitrogens is 1. The van der Waals surface area contributed by atoms with Gasteiger partial charge in [-0.15, -0.1) is 0 Å². The number of fused-ring (bicyclic) bond motifs is 2. The maximum absolute atomic E-state index is 12.9. The fraction of sp³-hybridized carbons (Fsp3) is 0.375. The van der Waals surface area contributed by atoms with E-state index in [4.69, 9.17) is 17.1 Å². The van der Waals surface area contributed by atoms with Gasteiger partial charge < -0.3 is 25.6 Å². The minimum Gasteiger partial charge on any atom is -0.478 e. The van der Waals surface area contributed by atoms with Crippen LogP contribution in [-0.2, 0) is 20.8 Å². The number of aliphatic hydroxyl groups excluding tert-OH is 1. The lowest BCUT2D eigenvalue weighted by atomic mass is 9.80. The highest BCUT2D eigenvalue weighted by molar-refractivity contribution is 5.99. The maximum Gasteiger partial charge on any atom is 0.328 e. The monoisotopic (exact) mass is 460 g/mol. The molecule has 0 bridgehead atoms. The van der Waals surface area contributed by atoms with Crippen LogP contribution in [0.5, 0.6) is 0 Å². The van der Waals surface area contributed by atoms with Gasteiger partial charge in [-0.25, -0.2) is 9.59 Å². The number of carbonyl (C=O) groups is 3. The predicted molar refractivity (Wildman–Crippen MR) is 124 cm³/mol. The van der Waals surface area contributed by atoms with Crippen molar-refractivity contribution in [2.24, 2.45) is 5.92 Å². The Hall–Kier alpha value is -3.43. The van der Waals surface area contributed by atoms with E-state index in [-0.39, 0.29) is 6.04 Å². The third kappa shape index (κ3) is 5.50. The molecule has 1 aliphatic carbocycles. The van der Waals surface area contributed by atoms with Crippen LogP contribution in [0.3, 0.4) is 0 Å². The van der Waals surface area contributed by atoms with Crippen molar-refractivity contribution in [2.75, 3.05) is 20.2 Å². The van der Waals surface area contributed by atoms with Crippen LogP contribution in [0, 0.1) is 5.92 Å². The number of aromatic amines is 1. The highest BCUT2D eigenvalue weighted by Gasteiger charge is 2.35. The van der Waals surface area contributed by atoms with Gasteiger partial charge in [-0.1, -0.05) is 25.1 Å². The fourth-order valence-electron chi connectivity index (χ4n) is 4.16. The molecule has 2 aliphatic rings. The van der Waals surface area contributed by atoms with E-state index < -0.39 is 49.6 Å². The summed E-state index contributed by atoms with van der Waals surface area (Å²) in [6.07, 6.45) is 3.13. The molecule has 2 heterocycles. The molecular formula is C24H29N3O6. The number of nitrogens with zero attached hydrogens (tertiary/aromatic N) is 1. The SMILES string of the molecule is O=C(O)C=CC(=O)O.[2H]C([2H])([2H])C([2H])([2H])[C@@H](CO)NC(=O)[C@@H]1C=C2c3cccc4[nH]cc(c34)C[C@H]2N(C)C1. The molecule has 1 aromatic carbocycles. The third-order valence-corrected chi connectivity index (χ3v) is 5.65. The quantitative estimate of drug-likeness (QED) is 0.412. The van der Waals surface area contributed by atoms with Gasteiger partial charge in [-0.2, -0.15) is 0 Å². The summed E-state index contributed by atoms with van der Waals surface area (Å²) in [5.41, 5.74) is 4.40. The number of aliphatic hydroxyl groups is 1. The first-order valence-electron chi connectivity index (χ1n) is 12.7. The molecule has 0 fully saturated rings. The van der Waals surface area contributed by atoms with Crippen molar-refractivity contribution >= 4 is 34.3 Å². The van der Waals surface area contributed by atoms with E-state index in [9.17, 15) is 19.5 Å². The van der Waals surface area contributed by atoms with Crippen molar-refractivity contribution in [3.05, 3.63) is 53.8 Å². The van der Waals surface area contributed by atoms with Crippen molar-refractivity contribution in [3.63, 3.8) is 0 Å². The Morgan fingerprint density at radius 3 is 2.70 bits per heavy atom. The number of carbonyl (C=O) groups excluding carboxylic acids is 1. The minimum atomic E-state index is -2.97. The Bertz CT molecular complexity index is 1270. The van der Waals surface area contributed by atoms with Crippen molar-refractivity contribution < 1.29 is 36.6 Å². The largest absolute Gasteiger partial charge is 0.478 e. The lowest BCUT2D eigenvalue weighted by Gasteiger charge is -2.39. The fourth-order valence-corrected chi connectivity index (χ4v) is 4.16. The Kier molecular flexibility index (Phi) is 5.72. The van der Waals surface area contributed by atoms with Gasteiger partial charge in [0.15, 0.2) is 0 Å². The highest BCUT2D eigenvalue weighted by Crippen LogP contribution is 2.40. The van der Waals surface area contributed by atoms with Gasteiger partial charge >= 0.3 is 11.9 Å². The Morgan fingerprint density at radius 1 is 1.33 bits per heavy atom. The van der Waals surface area contributed by atoms with Crippen LogP contribution in [0.1, 0.15) is 31.2 Å². The van der Waals surface area contributed by atoms with Gasteiger partial charge in [0.1, 0.15) is 0 Å². The maximum atomic E-state index is 12.9. The number of likely N-dealkylation sites (N-methyl/N-ethyl adjacent to an activating group) is 1. The van der Waals surface area contributed by atoms with E-state index in [0.717, 1.165) is 28.5 Å². The molecule has 1 amide bonds. The topological polar surface area (TPSA) is 143 Å². The molecule has 5 N–H and O–H groups in total. The van der Waals surface area contributed by atoms with Gasteiger partial charge in [-0.05, 0) is 42.6 Å². The van der Waals surface area contributed by atoms with Crippen molar-refractivity contribution in [1.82, 2.24) is 15.2 Å². The molecule has 9 heteroatoms. The van der Waals surface area contributed by atoms with Crippen molar-refractivity contribution in [2.45, 2.75) is 31.7 Å². The smallest absolute Gasteiger partial charge is 0.328 e. The first-order valence-corrected chi connectivity index (χ1v) is 10.2. The average Bonchev–Trinajstić information content (AvgIpc) is 3.25. The van der Waals surface area contributed by atoms with Crippen LogP contribution in [0.2, 0.25) is 0 Å². The number of amides is 1. The van der Waals surface area contributed by atoms with Crippen LogP contribution < -0.4 is 5.32 Å². The highest BCUT2D eigenvalue weighted by atomic mass is 16.4. The number of carboxylic acid groups (broad SMARTS) is 2. The molecule has 1 aliphatic heterocycles. The molecule has 0 saturated carbocycles. The average molecular weight is 461 g/mol. The summed E-state index contributed by atoms with van der Waals surface area (Å²) in [6.45, 7) is -3.35. The van der Waals surface area contributed by atoms with E-state index >= 15 is 0 Å². The summed E-state index contributed by atoms with van der Waals surface area (Å²) in [5, 5.41) is 28.8. The van der Waals surface area contributed by atoms with E-state index in [1.807, 2.05) is 37.5 Å². The zero-order chi connectivity index (χ0) is 28.4. The lowest BCUT2D eigenvalue weighted by Crippen LogP contribution is -2.48. The first kappa shape index (κ1) is 18.0. The number of aromatic nitrogens is 1. The minimum absolute atomic E-state index is 0.130. The number of hydrogen-bond acceptors (Lipinski definition) is 5. The normalized spacial score (nSPS) is 23.5. The standard InChI is InChI=1S/C20H25N3O2.C4H4O4/c1-3-14(11-24)22-20(25)13-7-16-15-5-4-6-17-19(15)12(9-21-17)8-18(16)23(2)10-13;5-3(6)1-2-4(7)8/h4-7,9,13-14,18,21,24H,3,8,10-11H2,1-2H3,(H,22,25);1-2H,(H,5,6)(H,7,8)/t13-,14+,18-;/m1./s1/i1D3,3D2;. The van der Waals surface area contributed by atoms with Gasteiger partial charge in [0.05, 0.1) is 18.6 Å². The van der Waals surface area contributed by atoms with Gasteiger partial charge in [0.25, 0.3) is 0 Å². The van der Waals surface area contributed by atoms with Crippen molar-refractivity contribution in [1.29, 1.82) is 0 Å². The van der Waals surface area contributed by atoms with Gasteiger partial charge in [0.2, 0.25) is 5.91 Å². The Labute approximate surface area is 198 Å². The van der Waals surface area contributed by atoms with Gasteiger partial charge in [-0.3, -0.25) is 9.69 Å². The molecule has 176 valence electrons. The number of hydrogen-bond donors (Lipinski definition) is 5. The van der Waals surface area contributed by atoms with Crippen LogP contribution in [0.15, 0.2) is 42.6 Å². The second-order valence-electron chi connectivity index (χ2n) is 7.83. The van der Waals surface area contributed by atoms with Gasteiger partial charge in [0, 0.05) is 48.7 Å². The number of benzene rings is 1. The summed E-state index contributed by atoms with van der Waals surface area (Å²) in [4.78, 5) is 37.4. The summed E-state index contributed by atoms with van der Waals surface area (Å²) >= 11 is 0. The number of aliphatic carboxylic acids is 2. The van der Waals surface area contributed by atoms with Crippen molar-refractivity contribution in [3.8, 4) is 0 Å². The molecule has 3 atom stereocenters. The van der Waals surface area contributed by atoms with Crippen LogP contribution in [0.4, 0.5) is 0 Å². The van der Waals surface area contributed by atoms with E-state index in [2.05, 4.69) is 15.2 Å². The van der Waals surface area contributed by atoms with E-state index in [0.29, 0.717) is 18.7 Å². The molecule has 0 unspecified atom stereocenters. The van der Waals surface area contributed by atoms with Crippen LogP contribution >= 0.6 is 0 Å². The molecule has 1 aromatic heterocycles. The zero-order valence-corrected chi connectivity index (χ0v) is 17.9. The Morgan fingerprint density at radius 2 is 2.06 bits per heavy atom.